The average Bonchev–Trinajstić information content (AvgIpc) is 4.25. The number of aromatic nitrogens is 4. The first-order valence-electron chi connectivity index (χ1n) is 24.5. The van der Waals surface area contributed by atoms with E-state index in [2.05, 4.69) is 26.3 Å². The second-order valence-electron chi connectivity index (χ2n) is 18.2. The molecule has 14 nitrogen and oxygen atoms in total. The fraction of sp³-hybridized carbons (Fsp3) is 0.273. The van der Waals surface area contributed by atoms with E-state index in [0.717, 1.165) is 74.0 Å². The van der Waals surface area contributed by atoms with E-state index in [0.29, 0.717) is 46.2 Å². The number of sulfone groups is 2. The van der Waals surface area contributed by atoms with Gasteiger partial charge in [-0.25, -0.2) is 26.8 Å². The maximum absolute atomic E-state index is 13.9. The normalized spacial score (nSPS) is 15.0. The summed E-state index contributed by atoms with van der Waals surface area (Å²) >= 11 is 3.35. The van der Waals surface area contributed by atoms with Gasteiger partial charge in [0, 0.05) is 50.8 Å². The number of para-hydroxylation sites is 2. The Morgan fingerprint density at radius 3 is 1.36 bits per heavy atom. The Bertz CT molecular complexity index is 3520. The van der Waals surface area contributed by atoms with Crippen LogP contribution < -0.4 is 21.3 Å². The van der Waals surface area contributed by atoms with Gasteiger partial charge in [-0.05, 0) is 103 Å². The highest BCUT2D eigenvalue weighted by Crippen LogP contribution is 2.45. The Kier molecular flexibility index (Phi) is 15.5. The van der Waals surface area contributed by atoms with E-state index in [1.54, 1.807) is 90.3 Å². The number of benzene rings is 6. The number of aliphatic hydroxyl groups excluding tert-OH is 2. The topological polar surface area (TPSA) is 208 Å². The molecule has 3 heterocycles. The molecule has 376 valence electrons. The summed E-state index contributed by atoms with van der Waals surface area (Å²) in [6, 6.07) is 40.4. The maximum Gasteiger partial charge on any atom is 0.225 e. The van der Waals surface area contributed by atoms with Crippen molar-refractivity contribution in [3.05, 3.63) is 156 Å². The molecule has 0 unspecified atom stereocenters. The van der Waals surface area contributed by atoms with Crippen molar-refractivity contribution in [3.8, 4) is 0 Å². The minimum Gasteiger partial charge on any atom is -0.392 e. The van der Waals surface area contributed by atoms with Gasteiger partial charge in [0.15, 0.2) is 0 Å². The summed E-state index contributed by atoms with van der Waals surface area (Å²) < 4.78 is 54.7. The van der Waals surface area contributed by atoms with Crippen LogP contribution in [0, 0.1) is 0 Å². The Labute approximate surface area is 434 Å². The van der Waals surface area contributed by atoms with Gasteiger partial charge in [0.05, 0.1) is 43.8 Å². The number of anilines is 4. The summed E-state index contributed by atoms with van der Waals surface area (Å²) in [5.41, 5.74) is 3.65. The van der Waals surface area contributed by atoms with Gasteiger partial charge in [-0.2, -0.15) is 9.97 Å². The van der Waals surface area contributed by atoms with E-state index < -0.39 is 19.7 Å². The fourth-order valence-electron chi connectivity index (χ4n) is 9.70. The number of hydrogen-bond acceptors (Lipinski definition) is 16. The van der Waals surface area contributed by atoms with Crippen LogP contribution >= 0.6 is 23.5 Å². The molecule has 2 aromatic heterocycles. The number of thioether (sulfide) groups is 2. The van der Waals surface area contributed by atoms with Gasteiger partial charge in [0.25, 0.3) is 0 Å². The average molecular weight is 1050 g/mol. The third kappa shape index (κ3) is 11.1. The molecule has 0 saturated heterocycles. The van der Waals surface area contributed by atoms with Gasteiger partial charge in [-0.15, -0.1) is 23.5 Å². The summed E-state index contributed by atoms with van der Waals surface area (Å²) in [6.45, 7) is -0.217. The fourth-order valence-corrected chi connectivity index (χ4v) is 15.6. The Hall–Kier alpha value is -6.28. The number of nitrogens with one attached hydrogen (secondary N) is 4. The van der Waals surface area contributed by atoms with E-state index in [9.17, 15) is 27.0 Å². The smallest absolute Gasteiger partial charge is 0.225 e. The lowest BCUT2D eigenvalue weighted by Gasteiger charge is -2.17. The van der Waals surface area contributed by atoms with Crippen LogP contribution in [0.4, 0.5) is 23.5 Å². The van der Waals surface area contributed by atoms with Crippen molar-refractivity contribution in [2.24, 2.45) is 0 Å². The predicted octanol–water partition coefficient (Wildman–Crippen LogP) is 11.0. The number of fused-ring (bicyclic) bond motifs is 3. The zero-order chi connectivity index (χ0) is 50.4. The van der Waals surface area contributed by atoms with Crippen molar-refractivity contribution in [1.29, 1.82) is 0 Å². The van der Waals surface area contributed by atoms with Crippen LogP contribution in [0.25, 0.3) is 21.8 Å². The standard InChI is InChI=1S/C28H28N4O3S3.C27H28N4O3S/c33-16-18-7-1-6-12-25(18)38(34,35)26-14-24-23(36-17-37-24)13-19(26)15-29-28-31-22-11-5-4-10-21(22)27(32-28)30-20-8-2-3-9-20;32-18-20-10-2-8-16-25(20)35(33,34)24-15-7-1-9-19(24)17-28-27-30-23-14-6-5-13-22(23)26(31-27)29-21-11-3-4-12-21/h1,4-7,10-14,20,33H,2-3,8-9,15-17H2,(H2,29,30,31,32);1-2,5-10,13-16,21,32H,3-4,11-12,17-18H2,(H2,28,29,30,31). The molecule has 2 aliphatic carbocycles. The number of nitrogens with zero attached hydrogens (tertiary/aromatic N) is 4. The summed E-state index contributed by atoms with van der Waals surface area (Å²) in [6.07, 6.45) is 9.38. The van der Waals surface area contributed by atoms with Crippen LogP contribution in [0.1, 0.15) is 73.6 Å². The first kappa shape index (κ1) is 50.3. The lowest BCUT2D eigenvalue weighted by Crippen LogP contribution is -2.17. The van der Waals surface area contributed by atoms with Gasteiger partial charge in [-0.1, -0.05) is 105 Å². The molecule has 2 saturated carbocycles. The quantitative estimate of drug-likeness (QED) is 0.0532. The largest absolute Gasteiger partial charge is 0.392 e. The van der Waals surface area contributed by atoms with Crippen molar-refractivity contribution in [2.75, 3.05) is 26.4 Å². The molecular weight excluding hydrogens is 997 g/mol. The summed E-state index contributed by atoms with van der Waals surface area (Å²) in [7, 11) is -7.70. The lowest BCUT2D eigenvalue weighted by molar-refractivity contribution is 0.278. The molecule has 1 aliphatic heterocycles. The molecule has 8 aromatic rings. The maximum atomic E-state index is 13.9. The molecule has 0 radical (unpaired) electrons. The SMILES string of the molecule is O=S(=O)(c1ccccc1CO)c1cc2c(cc1CNc1nc(NC3CCCC3)c3ccccc3n1)SCS2.O=S(=O)(c1ccccc1CO)c1ccccc1CNc1nc(NC2CCCC2)c2ccccc2n1. The van der Waals surface area contributed by atoms with Crippen LogP contribution in [-0.2, 0) is 46.0 Å². The number of hydrogen-bond donors (Lipinski definition) is 6. The van der Waals surface area contributed by atoms with Crippen LogP contribution in [0.5, 0.6) is 0 Å². The van der Waals surface area contributed by atoms with E-state index in [1.807, 2.05) is 60.7 Å². The van der Waals surface area contributed by atoms with E-state index in [4.69, 9.17) is 15.0 Å². The second kappa shape index (κ2) is 22.5. The molecule has 0 amide bonds. The summed E-state index contributed by atoms with van der Waals surface area (Å²) in [4.78, 5) is 21.6. The molecular formula is C55H56N8O6S4. The Balaban J connectivity index is 0.000000168. The van der Waals surface area contributed by atoms with Gasteiger partial charge < -0.3 is 31.5 Å². The molecule has 0 bridgehead atoms. The highest BCUT2D eigenvalue weighted by molar-refractivity contribution is 8.18. The molecule has 6 aromatic carbocycles. The number of aliphatic hydroxyl groups is 2. The highest BCUT2D eigenvalue weighted by Gasteiger charge is 2.28. The minimum atomic E-state index is -3.87. The molecule has 11 rings (SSSR count). The first-order valence-corrected chi connectivity index (χ1v) is 29.5. The molecule has 73 heavy (non-hydrogen) atoms. The van der Waals surface area contributed by atoms with Gasteiger partial charge >= 0.3 is 0 Å². The van der Waals surface area contributed by atoms with Crippen LogP contribution in [0.15, 0.2) is 163 Å². The lowest BCUT2D eigenvalue weighted by atomic mass is 10.2. The van der Waals surface area contributed by atoms with E-state index in [-0.39, 0.29) is 45.9 Å². The second-order valence-corrected chi connectivity index (χ2v) is 24.4. The van der Waals surface area contributed by atoms with Crippen molar-refractivity contribution < 1.29 is 27.0 Å². The minimum absolute atomic E-state index is 0.111. The number of rotatable bonds is 16. The van der Waals surface area contributed by atoms with Crippen molar-refractivity contribution >= 4 is 88.5 Å². The molecule has 0 atom stereocenters. The third-order valence-corrected chi connectivity index (χ3v) is 19.7. The predicted molar refractivity (Wildman–Crippen MR) is 291 cm³/mol. The monoisotopic (exact) mass is 1050 g/mol. The van der Waals surface area contributed by atoms with Gasteiger partial charge in [-0.3, -0.25) is 0 Å². The zero-order valence-corrected chi connectivity index (χ0v) is 43.3. The molecule has 6 N–H and O–H groups in total. The molecule has 0 spiro atoms. The Morgan fingerprint density at radius 1 is 0.466 bits per heavy atom. The molecule has 18 heteroatoms. The Morgan fingerprint density at radius 2 is 0.863 bits per heavy atom. The van der Waals surface area contributed by atoms with Crippen LogP contribution in [0.3, 0.4) is 0 Å². The van der Waals surface area contributed by atoms with Crippen molar-refractivity contribution in [2.45, 2.75) is 119 Å². The van der Waals surface area contributed by atoms with Gasteiger partial charge in [0.1, 0.15) is 11.6 Å². The van der Waals surface area contributed by atoms with E-state index >= 15 is 0 Å². The third-order valence-electron chi connectivity index (χ3n) is 13.4. The van der Waals surface area contributed by atoms with Gasteiger partial charge in [0.2, 0.25) is 31.6 Å². The van der Waals surface area contributed by atoms with Crippen molar-refractivity contribution in [3.63, 3.8) is 0 Å². The van der Waals surface area contributed by atoms with E-state index in [1.165, 1.54) is 31.7 Å². The molecule has 3 aliphatic rings. The highest BCUT2D eigenvalue weighted by atomic mass is 32.2. The zero-order valence-electron chi connectivity index (χ0n) is 40.0. The van der Waals surface area contributed by atoms with Crippen molar-refractivity contribution in [1.82, 2.24) is 19.9 Å². The first-order chi connectivity index (χ1) is 35.6. The van der Waals surface area contributed by atoms with Crippen LogP contribution in [0.2, 0.25) is 0 Å². The summed E-state index contributed by atoms with van der Waals surface area (Å²) in [5.74, 6) is 2.48. The molecule has 2 fully saturated rings. The van der Waals surface area contributed by atoms with Crippen LogP contribution in [-0.4, -0.2) is 64.2 Å². The summed E-state index contributed by atoms with van der Waals surface area (Å²) in [5, 5.41) is 36.0.